The van der Waals surface area contributed by atoms with Gasteiger partial charge >= 0.3 is 5.97 Å². The number of hydrogen-bond acceptors (Lipinski definition) is 6. The molecule has 1 atom stereocenters. The number of methoxy groups -OCH3 is 2. The van der Waals surface area contributed by atoms with E-state index in [1.54, 1.807) is 18.2 Å². The van der Waals surface area contributed by atoms with Gasteiger partial charge in [0.15, 0.2) is 6.10 Å². The van der Waals surface area contributed by atoms with Gasteiger partial charge in [-0.15, -0.1) is 0 Å². The zero-order chi connectivity index (χ0) is 22.3. The number of ether oxygens (including phenoxy) is 3. The molecule has 0 fully saturated rings. The summed E-state index contributed by atoms with van der Waals surface area (Å²) in [5.41, 5.74) is 1.90. The summed E-state index contributed by atoms with van der Waals surface area (Å²) in [4.78, 5) is 38.3. The van der Waals surface area contributed by atoms with Gasteiger partial charge in [0.1, 0.15) is 11.5 Å². The highest BCUT2D eigenvalue weighted by atomic mass is 16.5. The van der Waals surface area contributed by atoms with E-state index in [1.165, 1.54) is 45.2 Å². The molecule has 0 saturated carbocycles. The number of amides is 2. The van der Waals surface area contributed by atoms with Crippen LogP contribution in [0.5, 0.6) is 11.5 Å². The second-order valence-electron chi connectivity index (χ2n) is 6.76. The van der Waals surface area contributed by atoms with E-state index in [-0.39, 0.29) is 18.0 Å². The fraction of sp³-hybridized carbons (Fsp3) is 0.318. The van der Waals surface area contributed by atoms with Crippen molar-refractivity contribution in [2.75, 3.05) is 33.1 Å². The summed E-state index contributed by atoms with van der Waals surface area (Å²) in [6.45, 7) is 3.22. The first-order chi connectivity index (χ1) is 14.2. The lowest BCUT2D eigenvalue weighted by Crippen LogP contribution is -2.41. The lowest BCUT2D eigenvalue weighted by Gasteiger charge is -2.21. The van der Waals surface area contributed by atoms with Crippen molar-refractivity contribution < 1.29 is 28.6 Å². The number of hydrogen-bond donors (Lipinski definition) is 1. The Morgan fingerprint density at radius 1 is 1.00 bits per heavy atom. The average molecular weight is 414 g/mol. The number of nitrogens with one attached hydrogen (secondary N) is 1. The molecule has 8 heteroatoms. The summed E-state index contributed by atoms with van der Waals surface area (Å²) in [5, 5.41) is 2.72. The normalized spacial score (nSPS) is 11.2. The van der Waals surface area contributed by atoms with Crippen LogP contribution in [-0.4, -0.2) is 56.6 Å². The standard InChI is InChI=1S/C22H26N2O6/c1-14-6-8-17(9-7-14)23-20(25)13-24(3)21(26)15(2)30-22(27)16-10-18(28-4)12-19(11-16)29-5/h6-12,15H,13H2,1-5H3,(H,23,25)/t15-/m0/s1. The van der Waals surface area contributed by atoms with Crippen LogP contribution in [0.2, 0.25) is 0 Å². The van der Waals surface area contributed by atoms with E-state index in [9.17, 15) is 14.4 Å². The highest BCUT2D eigenvalue weighted by Gasteiger charge is 2.24. The summed E-state index contributed by atoms with van der Waals surface area (Å²) in [5.74, 6) is -0.719. The molecule has 0 radical (unpaired) electrons. The third kappa shape index (κ3) is 6.23. The molecule has 0 spiro atoms. The molecular weight excluding hydrogens is 388 g/mol. The molecule has 0 aromatic heterocycles. The zero-order valence-electron chi connectivity index (χ0n) is 17.7. The Hall–Kier alpha value is -3.55. The summed E-state index contributed by atoms with van der Waals surface area (Å²) < 4.78 is 15.5. The molecule has 0 bridgehead atoms. The molecule has 0 aliphatic rings. The second-order valence-corrected chi connectivity index (χ2v) is 6.76. The van der Waals surface area contributed by atoms with Crippen molar-refractivity contribution in [2.24, 2.45) is 0 Å². The van der Waals surface area contributed by atoms with Gasteiger partial charge < -0.3 is 24.4 Å². The molecule has 8 nitrogen and oxygen atoms in total. The van der Waals surface area contributed by atoms with Gasteiger partial charge in [-0.3, -0.25) is 9.59 Å². The summed E-state index contributed by atoms with van der Waals surface area (Å²) in [7, 11) is 4.40. The Bertz CT molecular complexity index is 888. The predicted molar refractivity (Wildman–Crippen MR) is 112 cm³/mol. The molecule has 2 rings (SSSR count). The van der Waals surface area contributed by atoms with Crippen molar-refractivity contribution in [3.05, 3.63) is 53.6 Å². The van der Waals surface area contributed by atoms with Gasteiger partial charge in [0, 0.05) is 18.8 Å². The summed E-state index contributed by atoms with van der Waals surface area (Å²) in [6.07, 6.45) is -1.08. The topological polar surface area (TPSA) is 94.2 Å². The SMILES string of the molecule is COc1cc(OC)cc(C(=O)O[C@@H](C)C(=O)N(C)CC(=O)Nc2ccc(C)cc2)c1. The van der Waals surface area contributed by atoms with Crippen LogP contribution in [0.25, 0.3) is 0 Å². The van der Waals surface area contributed by atoms with Gasteiger partial charge in [0.25, 0.3) is 5.91 Å². The van der Waals surface area contributed by atoms with Crippen molar-refractivity contribution >= 4 is 23.5 Å². The van der Waals surface area contributed by atoms with Gasteiger partial charge in [-0.2, -0.15) is 0 Å². The van der Waals surface area contributed by atoms with Crippen LogP contribution in [-0.2, 0) is 14.3 Å². The second kappa shape index (κ2) is 10.3. The number of esters is 1. The Labute approximate surface area is 175 Å². The first-order valence-electron chi connectivity index (χ1n) is 9.29. The number of nitrogens with zero attached hydrogens (tertiary/aromatic N) is 1. The van der Waals surface area contributed by atoms with E-state index in [0.717, 1.165) is 5.56 Å². The fourth-order valence-electron chi connectivity index (χ4n) is 2.65. The quantitative estimate of drug-likeness (QED) is 0.668. The lowest BCUT2D eigenvalue weighted by atomic mass is 10.2. The molecule has 0 aliphatic heterocycles. The minimum atomic E-state index is -1.08. The number of aryl methyl sites for hydroxylation is 1. The van der Waals surface area contributed by atoms with Gasteiger partial charge in [-0.1, -0.05) is 17.7 Å². The fourth-order valence-corrected chi connectivity index (χ4v) is 2.65. The Kier molecular flexibility index (Phi) is 7.80. The number of carbonyl (C=O) groups is 3. The van der Waals surface area contributed by atoms with E-state index >= 15 is 0 Å². The number of rotatable bonds is 8. The molecule has 0 heterocycles. The number of likely N-dealkylation sites (N-methyl/N-ethyl adjacent to an activating group) is 1. The largest absolute Gasteiger partial charge is 0.497 e. The van der Waals surface area contributed by atoms with Crippen molar-refractivity contribution in [3.63, 3.8) is 0 Å². The minimum Gasteiger partial charge on any atom is -0.497 e. The van der Waals surface area contributed by atoms with Gasteiger partial charge in [-0.25, -0.2) is 4.79 Å². The average Bonchev–Trinajstić information content (AvgIpc) is 2.74. The molecule has 160 valence electrons. The van der Waals surface area contributed by atoms with E-state index < -0.39 is 18.0 Å². The number of anilines is 1. The van der Waals surface area contributed by atoms with Crippen LogP contribution in [0.15, 0.2) is 42.5 Å². The van der Waals surface area contributed by atoms with Gasteiger partial charge in [-0.05, 0) is 38.1 Å². The minimum absolute atomic E-state index is 0.179. The molecule has 0 unspecified atom stereocenters. The molecule has 0 aliphatic carbocycles. The molecule has 1 N–H and O–H groups in total. The molecule has 30 heavy (non-hydrogen) atoms. The van der Waals surface area contributed by atoms with E-state index in [4.69, 9.17) is 14.2 Å². The summed E-state index contributed by atoms with van der Waals surface area (Å²) in [6, 6.07) is 11.9. The molecule has 2 amide bonds. The third-order valence-corrected chi connectivity index (χ3v) is 4.31. The maximum absolute atomic E-state index is 12.5. The van der Waals surface area contributed by atoms with E-state index in [1.807, 2.05) is 19.1 Å². The summed E-state index contributed by atoms with van der Waals surface area (Å²) >= 11 is 0. The Morgan fingerprint density at radius 2 is 1.57 bits per heavy atom. The molecular formula is C22H26N2O6. The van der Waals surface area contributed by atoms with Crippen LogP contribution in [0.1, 0.15) is 22.8 Å². The lowest BCUT2D eigenvalue weighted by molar-refractivity contribution is -0.140. The maximum atomic E-state index is 12.5. The van der Waals surface area contributed by atoms with Gasteiger partial charge in [0.2, 0.25) is 5.91 Å². The smallest absolute Gasteiger partial charge is 0.339 e. The van der Waals surface area contributed by atoms with E-state index in [2.05, 4.69) is 5.32 Å². The maximum Gasteiger partial charge on any atom is 0.339 e. The van der Waals surface area contributed by atoms with Gasteiger partial charge in [0.05, 0.1) is 26.3 Å². The van der Waals surface area contributed by atoms with Crippen LogP contribution in [0.4, 0.5) is 5.69 Å². The Balaban J connectivity index is 1.94. The number of carbonyl (C=O) groups excluding carboxylic acids is 3. The van der Waals surface area contributed by atoms with Crippen LogP contribution in [0, 0.1) is 6.92 Å². The van der Waals surface area contributed by atoms with E-state index in [0.29, 0.717) is 17.2 Å². The molecule has 0 saturated heterocycles. The first kappa shape index (κ1) is 22.7. The van der Waals surface area contributed by atoms with Crippen molar-refractivity contribution in [1.29, 1.82) is 0 Å². The zero-order valence-corrected chi connectivity index (χ0v) is 17.7. The predicted octanol–water partition coefficient (Wildman–Crippen LogP) is 2.65. The number of benzene rings is 2. The van der Waals surface area contributed by atoms with Crippen molar-refractivity contribution in [3.8, 4) is 11.5 Å². The highest BCUT2D eigenvalue weighted by Crippen LogP contribution is 2.23. The molecule has 2 aromatic rings. The Morgan fingerprint density at radius 3 is 2.10 bits per heavy atom. The molecule has 2 aromatic carbocycles. The third-order valence-electron chi connectivity index (χ3n) is 4.31. The van der Waals surface area contributed by atoms with Crippen LogP contribution < -0.4 is 14.8 Å². The van der Waals surface area contributed by atoms with Crippen LogP contribution in [0.3, 0.4) is 0 Å². The monoisotopic (exact) mass is 414 g/mol. The highest BCUT2D eigenvalue weighted by molar-refractivity contribution is 5.96. The first-order valence-corrected chi connectivity index (χ1v) is 9.29. The van der Waals surface area contributed by atoms with Crippen molar-refractivity contribution in [1.82, 2.24) is 4.90 Å². The van der Waals surface area contributed by atoms with Crippen molar-refractivity contribution in [2.45, 2.75) is 20.0 Å². The van der Waals surface area contributed by atoms with Crippen LogP contribution >= 0.6 is 0 Å².